The summed E-state index contributed by atoms with van der Waals surface area (Å²) in [7, 11) is 0. The zero-order valence-electron chi connectivity index (χ0n) is 11.8. The van der Waals surface area contributed by atoms with Crippen LogP contribution >= 0.6 is 11.3 Å². The SMILES string of the molecule is CC[C@H](NC(=O)c1ccc2n[nH]nc2c1)c1nc(C)cs1. The first-order valence-electron chi connectivity index (χ1n) is 6.71. The van der Waals surface area contributed by atoms with Crippen molar-refractivity contribution in [1.82, 2.24) is 25.7 Å². The maximum Gasteiger partial charge on any atom is 0.251 e. The first kappa shape index (κ1) is 13.7. The van der Waals surface area contributed by atoms with E-state index in [2.05, 4.69) is 25.7 Å². The molecule has 2 N–H and O–H groups in total. The topological polar surface area (TPSA) is 83.6 Å². The van der Waals surface area contributed by atoms with Crippen LogP contribution in [0.1, 0.15) is 40.4 Å². The first-order chi connectivity index (χ1) is 10.2. The van der Waals surface area contributed by atoms with Crippen LogP contribution < -0.4 is 5.32 Å². The molecule has 21 heavy (non-hydrogen) atoms. The van der Waals surface area contributed by atoms with E-state index in [0.29, 0.717) is 11.1 Å². The Kier molecular flexibility index (Phi) is 3.66. The van der Waals surface area contributed by atoms with Crippen LogP contribution in [0, 0.1) is 6.92 Å². The minimum absolute atomic E-state index is 0.0656. The maximum absolute atomic E-state index is 12.4. The number of aromatic nitrogens is 4. The lowest BCUT2D eigenvalue weighted by molar-refractivity contribution is 0.0935. The van der Waals surface area contributed by atoms with Gasteiger partial charge in [0.05, 0.1) is 6.04 Å². The molecular formula is C14H15N5OS. The van der Waals surface area contributed by atoms with Gasteiger partial charge in [-0.2, -0.15) is 15.4 Å². The summed E-state index contributed by atoms with van der Waals surface area (Å²) < 4.78 is 0. The minimum atomic E-state index is -0.125. The summed E-state index contributed by atoms with van der Waals surface area (Å²) in [4.78, 5) is 16.8. The highest BCUT2D eigenvalue weighted by Crippen LogP contribution is 2.21. The van der Waals surface area contributed by atoms with E-state index >= 15 is 0 Å². The summed E-state index contributed by atoms with van der Waals surface area (Å²) in [6.45, 7) is 3.98. The molecule has 1 aromatic carbocycles. The van der Waals surface area contributed by atoms with Gasteiger partial charge in [-0.1, -0.05) is 6.92 Å². The number of carbonyl (C=O) groups excluding carboxylic acids is 1. The van der Waals surface area contributed by atoms with Gasteiger partial charge in [-0.25, -0.2) is 4.98 Å². The number of thiazole rings is 1. The Bertz CT molecular complexity index is 778. The Morgan fingerprint density at radius 2 is 2.19 bits per heavy atom. The summed E-state index contributed by atoms with van der Waals surface area (Å²) in [6, 6.07) is 5.19. The number of carbonyl (C=O) groups is 1. The molecule has 0 aliphatic heterocycles. The number of hydrogen-bond donors (Lipinski definition) is 2. The molecule has 0 radical (unpaired) electrons. The first-order valence-corrected chi connectivity index (χ1v) is 7.58. The summed E-state index contributed by atoms with van der Waals surface area (Å²) in [5, 5.41) is 16.5. The highest BCUT2D eigenvalue weighted by Gasteiger charge is 2.17. The predicted octanol–water partition coefficient (Wildman–Crippen LogP) is 2.60. The van der Waals surface area contributed by atoms with E-state index in [-0.39, 0.29) is 11.9 Å². The van der Waals surface area contributed by atoms with Crippen LogP contribution in [0.25, 0.3) is 11.0 Å². The monoisotopic (exact) mass is 301 g/mol. The molecule has 0 spiro atoms. The van der Waals surface area contributed by atoms with E-state index in [4.69, 9.17) is 0 Å². The molecule has 2 aromatic heterocycles. The highest BCUT2D eigenvalue weighted by molar-refractivity contribution is 7.09. The van der Waals surface area contributed by atoms with Gasteiger partial charge in [0.15, 0.2) is 0 Å². The van der Waals surface area contributed by atoms with Crippen molar-refractivity contribution in [2.24, 2.45) is 0 Å². The molecule has 0 saturated heterocycles. The maximum atomic E-state index is 12.4. The molecule has 0 saturated carbocycles. The zero-order valence-corrected chi connectivity index (χ0v) is 12.6. The van der Waals surface area contributed by atoms with Gasteiger partial charge in [0, 0.05) is 16.6 Å². The van der Waals surface area contributed by atoms with Gasteiger partial charge in [-0.3, -0.25) is 4.79 Å². The minimum Gasteiger partial charge on any atom is -0.343 e. The smallest absolute Gasteiger partial charge is 0.251 e. The number of H-pyrrole nitrogens is 1. The second-order valence-electron chi connectivity index (χ2n) is 4.79. The number of rotatable bonds is 4. The van der Waals surface area contributed by atoms with Crippen LogP contribution in [0.4, 0.5) is 0 Å². The van der Waals surface area contributed by atoms with Crippen molar-refractivity contribution in [2.45, 2.75) is 26.3 Å². The molecule has 108 valence electrons. The van der Waals surface area contributed by atoms with Crippen molar-refractivity contribution < 1.29 is 4.79 Å². The number of fused-ring (bicyclic) bond motifs is 1. The van der Waals surface area contributed by atoms with Crippen LogP contribution in [0.5, 0.6) is 0 Å². The Balaban J connectivity index is 1.80. The molecule has 0 bridgehead atoms. The summed E-state index contributed by atoms with van der Waals surface area (Å²) in [5.41, 5.74) is 2.98. The van der Waals surface area contributed by atoms with Crippen LogP contribution in [0.15, 0.2) is 23.6 Å². The van der Waals surface area contributed by atoms with Crippen LogP contribution in [0.2, 0.25) is 0 Å². The molecule has 0 fully saturated rings. The van der Waals surface area contributed by atoms with Gasteiger partial charge < -0.3 is 5.32 Å². The Morgan fingerprint density at radius 1 is 1.38 bits per heavy atom. The van der Waals surface area contributed by atoms with Crippen molar-refractivity contribution in [3.05, 3.63) is 39.8 Å². The van der Waals surface area contributed by atoms with Crippen molar-refractivity contribution in [1.29, 1.82) is 0 Å². The van der Waals surface area contributed by atoms with E-state index in [0.717, 1.165) is 22.6 Å². The fraction of sp³-hybridized carbons (Fsp3) is 0.286. The van der Waals surface area contributed by atoms with Gasteiger partial charge in [0.1, 0.15) is 16.0 Å². The lowest BCUT2D eigenvalue weighted by Crippen LogP contribution is -2.28. The predicted molar refractivity (Wildman–Crippen MR) is 81.2 cm³/mol. The largest absolute Gasteiger partial charge is 0.343 e. The third kappa shape index (κ3) is 2.78. The lowest BCUT2D eigenvalue weighted by atomic mass is 10.1. The summed E-state index contributed by atoms with van der Waals surface area (Å²) in [6.07, 6.45) is 0.797. The highest BCUT2D eigenvalue weighted by atomic mass is 32.1. The van der Waals surface area contributed by atoms with E-state index in [1.807, 2.05) is 19.2 Å². The Hall–Kier alpha value is -2.28. The number of nitrogens with zero attached hydrogens (tertiary/aromatic N) is 3. The molecule has 0 aliphatic rings. The zero-order chi connectivity index (χ0) is 14.8. The van der Waals surface area contributed by atoms with E-state index in [1.165, 1.54) is 0 Å². The van der Waals surface area contributed by atoms with Crippen LogP contribution in [-0.4, -0.2) is 26.3 Å². The van der Waals surface area contributed by atoms with Crippen LogP contribution in [0.3, 0.4) is 0 Å². The average molecular weight is 301 g/mol. The molecule has 3 rings (SSSR count). The molecular weight excluding hydrogens is 286 g/mol. The van der Waals surface area contributed by atoms with E-state index < -0.39 is 0 Å². The standard InChI is InChI=1S/C14H15N5OS/c1-3-10(14-15-8(2)7-21-14)16-13(20)9-4-5-11-12(6-9)18-19-17-11/h4-7,10H,3H2,1-2H3,(H,16,20)(H,17,18,19)/t10-/m0/s1. The van der Waals surface area contributed by atoms with E-state index in [1.54, 1.807) is 29.5 Å². The van der Waals surface area contributed by atoms with Crippen molar-refractivity contribution in [2.75, 3.05) is 0 Å². The summed E-state index contributed by atoms with van der Waals surface area (Å²) >= 11 is 1.57. The molecule has 1 amide bonds. The quantitative estimate of drug-likeness (QED) is 0.776. The van der Waals surface area contributed by atoms with Gasteiger partial charge in [-0.05, 0) is 31.5 Å². The number of aromatic amines is 1. The second-order valence-corrected chi connectivity index (χ2v) is 5.68. The molecule has 1 atom stereocenters. The Morgan fingerprint density at radius 3 is 2.90 bits per heavy atom. The lowest BCUT2D eigenvalue weighted by Gasteiger charge is -2.14. The van der Waals surface area contributed by atoms with Crippen molar-refractivity contribution >= 4 is 28.3 Å². The third-order valence-electron chi connectivity index (χ3n) is 3.23. The van der Waals surface area contributed by atoms with Gasteiger partial charge in [0.2, 0.25) is 0 Å². The fourth-order valence-electron chi connectivity index (χ4n) is 2.09. The number of hydrogen-bond acceptors (Lipinski definition) is 5. The normalized spacial score (nSPS) is 12.5. The average Bonchev–Trinajstić information content (AvgIpc) is 3.12. The summed E-state index contributed by atoms with van der Waals surface area (Å²) in [5.74, 6) is -0.125. The molecule has 0 aliphatic carbocycles. The fourth-order valence-corrected chi connectivity index (χ4v) is 3.02. The molecule has 3 aromatic rings. The molecule has 0 unspecified atom stereocenters. The van der Waals surface area contributed by atoms with Gasteiger partial charge in [-0.15, -0.1) is 11.3 Å². The van der Waals surface area contributed by atoms with Crippen molar-refractivity contribution in [3.8, 4) is 0 Å². The van der Waals surface area contributed by atoms with Crippen LogP contribution in [-0.2, 0) is 0 Å². The van der Waals surface area contributed by atoms with Gasteiger partial charge in [0.25, 0.3) is 5.91 Å². The number of benzene rings is 1. The number of nitrogens with one attached hydrogen (secondary N) is 2. The van der Waals surface area contributed by atoms with Gasteiger partial charge >= 0.3 is 0 Å². The molecule has 7 heteroatoms. The number of aryl methyl sites for hydroxylation is 1. The molecule has 6 nitrogen and oxygen atoms in total. The number of amides is 1. The second kappa shape index (κ2) is 5.61. The van der Waals surface area contributed by atoms with E-state index in [9.17, 15) is 4.79 Å². The van der Waals surface area contributed by atoms with Crippen molar-refractivity contribution in [3.63, 3.8) is 0 Å². The Labute approximate surface area is 125 Å². The third-order valence-corrected chi connectivity index (χ3v) is 4.30. The molecule has 2 heterocycles.